The molecule has 4 aromatic rings. The molecule has 0 aliphatic rings. The molecule has 9 nitrogen and oxygen atoms in total. The molecular weight excluding hydrogens is 542 g/mol. The van der Waals surface area contributed by atoms with Gasteiger partial charge in [-0.05, 0) is 48.9 Å². The van der Waals surface area contributed by atoms with E-state index in [4.69, 9.17) is 23.2 Å². The van der Waals surface area contributed by atoms with Crippen molar-refractivity contribution in [3.8, 4) is 5.69 Å². The highest BCUT2D eigenvalue weighted by atomic mass is 35.5. The van der Waals surface area contributed by atoms with Gasteiger partial charge in [-0.1, -0.05) is 53.2 Å². The van der Waals surface area contributed by atoms with E-state index in [9.17, 15) is 19.3 Å². The number of benzene rings is 3. The predicted octanol–water partition coefficient (Wildman–Crippen LogP) is 6.80. The first-order valence-electron chi connectivity index (χ1n) is 10.8. The van der Waals surface area contributed by atoms with Crippen LogP contribution in [0.15, 0.2) is 71.9 Å². The van der Waals surface area contributed by atoms with Gasteiger partial charge in [0.15, 0.2) is 11.0 Å². The van der Waals surface area contributed by atoms with Crippen LogP contribution < -0.4 is 10.6 Å². The third-order valence-corrected chi connectivity index (χ3v) is 6.82. The Labute approximate surface area is 225 Å². The van der Waals surface area contributed by atoms with Gasteiger partial charge in [-0.2, -0.15) is 0 Å². The zero-order valence-corrected chi connectivity index (χ0v) is 21.5. The van der Waals surface area contributed by atoms with Gasteiger partial charge in [0, 0.05) is 23.6 Å². The second kappa shape index (κ2) is 11.6. The van der Waals surface area contributed by atoms with Crippen molar-refractivity contribution in [2.45, 2.75) is 23.9 Å². The molecule has 0 radical (unpaired) electrons. The average Bonchev–Trinajstić information content (AvgIpc) is 3.30. The lowest BCUT2D eigenvalue weighted by Gasteiger charge is -2.17. The number of urea groups is 1. The first kappa shape index (κ1) is 26.4. The number of amides is 2. The minimum absolute atomic E-state index is 0.0685. The van der Waals surface area contributed by atoms with Gasteiger partial charge in [0.1, 0.15) is 5.82 Å². The molecule has 0 spiro atoms. The van der Waals surface area contributed by atoms with Crippen molar-refractivity contribution in [2.75, 3.05) is 5.32 Å². The van der Waals surface area contributed by atoms with E-state index in [-0.39, 0.29) is 27.2 Å². The van der Waals surface area contributed by atoms with Gasteiger partial charge >= 0.3 is 6.03 Å². The Kier molecular flexibility index (Phi) is 8.27. The number of thioether (sulfide) groups is 1. The molecule has 0 saturated carbocycles. The Morgan fingerprint density at radius 3 is 2.35 bits per heavy atom. The van der Waals surface area contributed by atoms with Gasteiger partial charge in [-0.25, -0.2) is 9.18 Å². The molecule has 0 bridgehead atoms. The van der Waals surface area contributed by atoms with Crippen LogP contribution in [0.2, 0.25) is 10.0 Å². The van der Waals surface area contributed by atoms with Crippen molar-refractivity contribution >= 4 is 52.4 Å². The van der Waals surface area contributed by atoms with E-state index < -0.39 is 17.0 Å². The van der Waals surface area contributed by atoms with E-state index in [1.54, 1.807) is 54.0 Å². The second-order valence-electron chi connectivity index (χ2n) is 7.78. The molecule has 0 aliphatic heterocycles. The number of nitro benzene ring substituents is 1. The predicted molar refractivity (Wildman–Crippen MR) is 141 cm³/mol. The second-order valence-corrected chi connectivity index (χ2v) is 9.54. The van der Waals surface area contributed by atoms with E-state index >= 15 is 0 Å². The number of anilines is 1. The van der Waals surface area contributed by atoms with Crippen LogP contribution in [-0.4, -0.2) is 25.7 Å². The summed E-state index contributed by atoms with van der Waals surface area (Å²) in [7, 11) is 0. The highest BCUT2D eigenvalue weighted by Gasteiger charge is 2.22. The summed E-state index contributed by atoms with van der Waals surface area (Å²) in [5.41, 5.74) is 1.63. The van der Waals surface area contributed by atoms with Crippen LogP contribution in [0.25, 0.3) is 5.69 Å². The molecule has 1 heterocycles. The molecule has 0 saturated heterocycles. The van der Waals surface area contributed by atoms with Gasteiger partial charge < -0.3 is 10.6 Å². The maximum absolute atomic E-state index is 13.3. The lowest BCUT2D eigenvalue weighted by atomic mass is 10.2. The number of non-ortho nitro benzene ring substituents is 1. The van der Waals surface area contributed by atoms with Crippen LogP contribution in [0, 0.1) is 15.9 Å². The Morgan fingerprint density at radius 2 is 1.73 bits per heavy atom. The van der Waals surface area contributed by atoms with Crippen molar-refractivity contribution in [1.82, 2.24) is 20.1 Å². The maximum Gasteiger partial charge on any atom is 0.319 e. The van der Waals surface area contributed by atoms with Crippen LogP contribution in [0.4, 0.5) is 20.6 Å². The molecule has 4 rings (SSSR count). The van der Waals surface area contributed by atoms with Gasteiger partial charge in [0.2, 0.25) is 0 Å². The van der Waals surface area contributed by atoms with Crippen LogP contribution >= 0.6 is 35.0 Å². The standard InChI is InChI=1S/C24H19Cl2FN6O3S/c1-14(28-23(34)29-21-19(25)3-2-4-20(21)26)22-30-31-24(37-13-15-5-7-16(27)8-6-15)32(22)17-9-11-18(12-10-17)33(35)36/h2-12,14H,13H2,1H3,(H2,28,29,34). The number of hydrogen-bond donors (Lipinski definition) is 2. The summed E-state index contributed by atoms with van der Waals surface area (Å²) in [5.74, 6) is 0.524. The molecule has 1 atom stereocenters. The molecule has 0 fully saturated rings. The number of hydrogen-bond acceptors (Lipinski definition) is 6. The number of nitrogens with zero attached hydrogens (tertiary/aromatic N) is 4. The molecule has 13 heteroatoms. The summed E-state index contributed by atoms with van der Waals surface area (Å²) < 4.78 is 15.0. The van der Waals surface area contributed by atoms with Gasteiger partial charge in [0.25, 0.3) is 5.69 Å². The summed E-state index contributed by atoms with van der Waals surface area (Å²) in [6.07, 6.45) is 0. The zero-order chi connectivity index (χ0) is 26.5. The quantitative estimate of drug-likeness (QED) is 0.139. The summed E-state index contributed by atoms with van der Waals surface area (Å²) in [6.45, 7) is 1.72. The van der Waals surface area contributed by atoms with E-state index in [0.717, 1.165) is 5.56 Å². The topological polar surface area (TPSA) is 115 Å². The fourth-order valence-corrected chi connectivity index (χ4v) is 4.78. The van der Waals surface area contributed by atoms with Crippen LogP contribution in [0.5, 0.6) is 0 Å². The van der Waals surface area contributed by atoms with Crippen LogP contribution in [0.1, 0.15) is 24.4 Å². The normalized spacial score (nSPS) is 11.7. The highest BCUT2D eigenvalue weighted by molar-refractivity contribution is 7.98. The van der Waals surface area contributed by atoms with Crippen molar-refractivity contribution in [2.24, 2.45) is 0 Å². The largest absolute Gasteiger partial charge is 0.328 e. The number of nitrogens with one attached hydrogen (secondary N) is 2. The van der Waals surface area contributed by atoms with E-state index in [0.29, 0.717) is 22.4 Å². The third kappa shape index (κ3) is 6.37. The maximum atomic E-state index is 13.3. The fraction of sp³-hybridized carbons (Fsp3) is 0.125. The van der Waals surface area contributed by atoms with Crippen LogP contribution in [-0.2, 0) is 5.75 Å². The highest BCUT2D eigenvalue weighted by Crippen LogP contribution is 2.31. The van der Waals surface area contributed by atoms with Crippen molar-refractivity contribution in [1.29, 1.82) is 0 Å². The van der Waals surface area contributed by atoms with Gasteiger partial charge in [-0.3, -0.25) is 14.7 Å². The number of halogens is 3. The van der Waals surface area contributed by atoms with Crippen molar-refractivity contribution < 1.29 is 14.1 Å². The molecule has 1 aromatic heterocycles. The van der Waals surface area contributed by atoms with Crippen molar-refractivity contribution in [3.05, 3.63) is 104 Å². The Morgan fingerprint density at radius 1 is 1.08 bits per heavy atom. The molecular formula is C24H19Cl2FN6O3S. The number of carbonyl (C=O) groups is 1. The number of carbonyl (C=O) groups excluding carboxylic acids is 1. The van der Waals surface area contributed by atoms with E-state index in [2.05, 4.69) is 20.8 Å². The van der Waals surface area contributed by atoms with Crippen molar-refractivity contribution in [3.63, 3.8) is 0 Å². The monoisotopic (exact) mass is 560 g/mol. The minimum Gasteiger partial charge on any atom is -0.328 e. The van der Waals surface area contributed by atoms with Gasteiger partial charge in [-0.15, -0.1) is 10.2 Å². The molecule has 190 valence electrons. The minimum atomic E-state index is -0.635. The smallest absolute Gasteiger partial charge is 0.319 e. The number of aromatic nitrogens is 3. The Bertz CT molecular complexity index is 1410. The summed E-state index contributed by atoms with van der Waals surface area (Å²) >= 11 is 13.6. The summed E-state index contributed by atoms with van der Waals surface area (Å²) in [5, 5.41) is 26.1. The Balaban J connectivity index is 1.60. The van der Waals surface area contributed by atoms with E-state index in [1.165, 1.54) is 36.0 Å². The molecule has 3 aromatic carbocycles. The Hall–Kier alpha value is -3.67. The number of rotatable bonds is 8. The SMILES string of the molecule is CC(NC(=O)Nc1c(Cl)cccc1Cl)c1nnc(SCc2ccc(F)cc2)n1-c1ccc([N+](=O)[O-])cc1. The average molecular weight is 561 g/mol. The fourth-order valence-electron chi connectivity index (χ4n) is 3.38. The number of para-hydroxylation sites is 1. The molecule has 2 amide bonds. The number of nitro groups is 1. The lowest BCUT2D eigenvalue weighted by molar-refractivity contribution is -0.384. The summed E-state index contributed by atoms with van der Waals surface area (Å²) in [6, 6.07) is 15.6. The lowest BCUT2D eigenvalue weighted by Crippen LogP contribution is -2.32. The summed E-state index contributed by atoms with van der Waals surface area (Å²) in [4.78, 5) is 23.3. The third-order valence-electron chi connectivity index (χ3n) is 5.19. The molecule has 1 unspecified atom stereocenters. The zero-order valence-electron chi connectivity index (χ0n) is 19.2. The first-order chi connectivity index (χ1) is 17.7. The van der Waals surface area contributed by atoms with Gasteiger partial charge in [0.05, 0.1) is 26.7 Å². The molecule has 0 aliphatic carbocycles. The molecule has 2 N–H and O–H groups in total. The van der Waals surface area contributed by atoms with Crippen LogP contribution in [0.3, 0.4) is 0 Å². The first-order valence-corrected chi connectivity index (χ1v) is 12.6. The van der Waals surface area contributed by atoms with E-state index in [1.807, 2.05) is 0 Å². The molecule has 37 heavy (non-hydrogen) atoms.